The van der Waals surface area contributed by atoms with E-state index in [1.807, 2.05) is 6.92 Å². The summed E-state index contributed by atoms with van der Waals surface area (Å²) in [5, 5.41) is 5.04. The molecule has 0 aliphatic rings. The smallest absolute Gasteiger partial charge is 0.261 e. The van der Waals surface area contributed by atoms with Gasteiger partial charge in [0.15, 0.2) is 0 Å². The molecule has 0 atom stereocenters. The van der Waals surface area contributed by atoms with Crippen LogP contribution in [0.25, 0.3) is 0 Å². The molecule has 0 saturated carbocycles. The van der Waals surface area contributed by atoms with Crippen molar-refractivity contribution in [2.75, 3.05) is 4.72 Å². The molecule has 0 radical (unpaired) electrons. The first-order valence-corrected chi connectivity index (χ1v) is 10.00. The van der Waals surface area contributed by atoms with Gasteiger partial charge in [0.25, 0.3) is 10.0 Å². The van der Waals surface area contributed by atoms with Gasteiger partial charge in [0.1, 0.15) is 0 Å². The Kier molecular flexibility index (Phi) is 5.08. The van der Waals surface area contributed by atoms with Crippen LogP contribution in [-0.4, -0.2) is 16.8 Å². The van der Waals surface area contributed by atoms with Crippen molar-refractivity contribution in [1.82, 2.24) is 0 Å². The number of anilines is 1. The van der Waals surface area contributed by atoms with E-state index in [1.54, 1.807) is 12.1 Å². The summed E-state index contributed by atoms with van der Waals surface area (Å²) in [4.78, 5) is -0.0469. The number of hydrogen-bond donors (Lipinski definition) is 2. The van der Waals surface area contributed by atoms with Crippen LogP contribution in [0.1, 0.15) is 18.9 Å². The van der Waals surface area contributed by atoms with Crippen LogP contribution < -0.4 is 9.86 Å². The first-order chi connectivity index (χ1) is 10.7. The predicted molar refractivity (Wildman–Crippen MR) is 89.1 cm³/mol. The molecule has 8 heteroatoms. The van der Waals surface area contributed by atoms with Gasteiger partial charge < -0.3 is 0 Å². The minimum atomic E-state index is -3.89. The van der Waals surface area contributed by atoms with Gasteiger partial charge in [-0.3, -0.25) is 4.72 Å². The highest BCUT2D eigenvalue weighted by atomic mass is 32.2. The molecular formula is C15H18N2O4S2. The lowest BCUT2D eigenvalue weighted by atomic mass is 10.1. The van der Waals surface area contributed by atoms with Crippen molar-refractivity contribution < 1.29 is 16.8 Å². The lowest BCUT2D eigenvalue weighted by Crippen LogP contribution is -2.15. The molecule has 0 aliphatic carbocycles. The molecule has 0 aromatic heterocycles. The number of nitrogens with two attached hydrogens (primary N) is 1. The normalized spacial score (nSPS) is 12.1. The topological polar surface area (TPSA) is 106 Å². The number of sulfonamides is 2. The van der Waals surface area contributed by atoms with Gasteiger partial charge in [-0.05, 0) is 42.3 Å². The van der Waals surface area contributed by atoms with Crippen LogP contribution in [0.2, 0.25) is 0 Å². The standard InChI is InChI=1S/C15H18N2O4S2/c1-2-4-12-7-9-14(10-8-12)23(20,21)17-13-5-3-6-15(11-13)22(16,18)19/h3,5-11,17H,2,4H2,1H3,(H2,16,18,19). The predicted octanol–water partition coefficient (Wildman–Crippen LogP) is 2.09. The van der Waals surface area contributed by atoms with E-state index in [0.717, 1.165) is 18.4 Å². The highest BCUT2D eigenvalue weighted by molar-refractivity contribution is 7.92. The molecule has 0 aliphatic heterocycles. The van der Waals surface area contributed by atoms with Gasteiger partial charge in [-0.25, -0.2) is 22.0 Å². The molecule has 6 nitrogen and oxygen atoms in total. The Bertz CT molecular complexity index is 889. The van der Waals surface area contributed by atoms with Gasteiger partial charge in [-0.1, -0.05) is 31.5 Å². The monoisotopic (exact) mass is 354 g/mol. The van der Waals surface area contributed by atoms with Gasteiger partial charge >= 0.3 is 0 Å². The van der Waals surface area contributed by atoms with Crippen molar-refractivity contribution in [3.05, 3.63) is 54.1 Å². The van der Waals surface area contributed by atoms with Gasteiger partial charge in [-0.2, -0.15) is 0 Å². The summed E-state index contributed by atoms with van der Waals surface area (Å²) in [6, 6.07) is 11.9. The van der Waals surface area contributed by atoms with E-state index < -0.39 is 20.0 Å². The number of nitrogens with one attached hydrogen (secondary N) is 1. The van der Waals surface area contributed by atoms with Crippen molar-refractivity contribution in [1.29, 1.82) is 0 Å². The van der Waals surface area contributed by atoms with Gasteiger partial charge in [-0.15, -0.1) is 0 Å². The third-order valence-electron chi connectivity index (χ3n) is 3.19. The molecule has 0 bridgehead atoms. The van der Waals surface area contributed by atoms with E-state index >= 15 is 0 Å². The first-order valence-electron chi connectivity index (χ1n) is 6.97. The molecule has 0 saturated heterocycles. The van der Waals surface area contributed by atoms with Crippen LogP contribution >= 0.6 is 0 Å². The fourth-order valence-electron chi connectivity index (χ4n) is 2.07. The molecule has 0 amide bonds. The minimum Gasteiger partial charge on any atom is -0.280 e. The zero-order valence-corrected chi connectivity index (χ0v) is 14.2. The van der Waals surface area contributed by atoms with Gasteiger partial charge in [0.2, 0.25) is 10.0 Å². The van der Waals surface area contributed by atoms with Crippen LogP contribution in [0.15, 0.2) is 58.3 Å². The zero-order valence-electron chi connectivity index (χ0n) is 12.6. The third kappa shape index (κ3) is 4.54. The van der Waals surface area contributed by atoms with Crippen LogP contribution in [0, 0.1) is 0 Å². The number of hydrogen-bond acceptors (Lipinski definition) is 4. The van der Waals surface area contributed by atoms with Crippen molar-refractivity contribution in [3.8, 4) is 0 Å². The molecule has 2 aromatic rings. The summed E-state index contributed by atoms with van der Waals surface area (Å²) in [7, 11) is -7.69. The highest BCUT2D eigenvalue weighted by Gasteiger charge is 2.15. The largest absolute Gasteiger partial charge is 0.280 e. The number of primary sulfonamides is 1. The molecular weight excluding hydrogens is 336 g/mol. The third-order valence-corrected chi connectivity index (χ3v) is 5.50. The Balaban J connectivity index is 2.28. The molecule has 2 aromatic carbocycles. The van der Waals surface area contributed by atoms with E-state index in [2.05, 4.69) is 4.72 Å². The molecule has 3 N–H and O–H groups in total. The fourth-order valence-corrected chi connectivity index (χ4v) is 3.68. The summed E-state index contributed by atoms with van der Waals surface area (Å²) in [5.74, 6) is 0. The second-order valence-electron chi connectivity index (χ2n) is 5.07. The summed E-state index contributed by atoms with van der Waals surface area (Å²) in [6.07, 6.45) is 1.86. The average molecular weight is 354 g/mol. The van der Waals surface area contributed by atoms with Crippen LogP contribution in [0.3, 0.4) is 0 Å². The average Bonchev–Trinajstić information content (AvgIpc) is 2.47. The van der Waals surface area contributed by atoms with E-state index in [0.29, 0.717) is 0 Å². The SMILES string of the molecule is CCCc1ccc(S(=O)(=O)Nc2cccc(S(N)(=O)=O)c2)cc1. The molecule has 0 unspecified atom stereocenters. The quantitative estimate of drug-likeness (QED) is 0.828. The lowest BCUT2D eigenvalue weighted by Gasteiger charge is -2.09. The zero-order chi connectivity index (χ0) is 17.1. The summed E-state index contributed by atoms with van der Waals surface area (Å²) in [5.41, 5.74) is 1.19. The van der Waals surface area contributed by atoms with Gasteiger partial charge in [0.05, 0.1) is 15.5 Å². The molecule has 23 heavy (non-hydrogen) atoms. The van der Waals surface area contributed by atoms with Crippen molar-refractivity contribution in [2.24, 2.45) is 5.14 Å². The number of benzene rings is 2. The maximum Gasteiger partial charge on any atom is 0.261 e. The summed E-state index contributed by atoms with van der Waals surface area (Å²) in [6.45, 7) is 2.05. The molecule has 124 valence electrons. The Morgan fingerprint density at radius 1 is 0.957 bits per heavy atom. The van der Waals surface area contributed by atoms with Crippen molar-refractivity contribution in [2.45, 2.75) is 29.6 Å². The first kappa shape index (κ1) is 17.5. The maximum absolute atomic E-state index is 12.3. The lowest BCUT2D eigenvalue weighted by molar-refractivity contribution is 0.596. The highest BCUT2D eigenvalue weighted by Crippen LogP contribution is 2.19. The van der Waals surface area contributed by atoms with E-state index in [9.17, 15) is 16.8 Å². The summed E-state index contributed by atoms with van der Waals surface area (Å²) < 4.78 is 49.7. The second kappa shape index (κ2) is 6.69. The van der Waals surface area contributed by atoms with Crippen LogP contribution in [0.5, 0.6) is 0 Å². The molecule has 2 rings (SSSR count). The molecule has 0 spiro atoms. The number of aryl methyl sites for hydroxylation is 1. The van der Waals surface area contributed by atoms with Crippen molar-refractivity contribution >= 4 is 25.7 Å². The molecule has 0 fully saturated rings. The van der Waals surface area contributed by atoms with E-state index in [1.165, 1.54) is 36.4 Å². The van der Waals surface area contributed by atoms with Crippen molar-refractivity contribution in [3.63, 3.8) is 0 Å². The molecule has 0 heterocycles. The fraction of sp³-hybridized carbons (Fsp3) is 0.200. The Morgan fingerprint density at radius 3 is 2.17 bits per heavy atom. The number of rotatable bonds is 6. The summed E-state index contributed by atoms with van der Waals surface area (Å²) >= 11 is 0. The van der Waals surface area contributed by atoms with Gasteiger partial charge in [0, 0.05) is 0 Å². The Hall–Kier alpha value is -1.90. The van der Waals surface area contributed by atoms with E-state index in [4.69, 9.17) is 5.14 Å². The maximum atomic E-state index is 12.3. The van der Waals surface area contributed by atoms with Crippen LogP contribution in [-0.2, 0) is 26.5 Å². The second-order valence-corrected chi connectivity index (χ2v) is 8.32. The minimum absolute atomic E-state index is 0.110. The van der Waals surface area contributed by atoms with E-state index in [-0.39, 0.29) is 15.5 Å². The van der Waals surface area contributed by atoms with Crippen LogP contribution in [0.4, 0.5) is 5.69 Å². The Labute approximate surface area is 136 Å². The Morgan fingerprint density at radius 2 is 1.61 bits per heavy atom.